The standard InChI is InChI=1S/C15H18O3/c16-14(11-5-2-1-3-6-11)12-7-4-8-13-15(12)18-10-9-17-13/h4,7-8,11H,1-3,5-6,9-10H2. The van der Waals surface area contributed by atoms with Gasteiger partial charge < -0.3 is 9.47 Å². The molecule has 0 bridgehead atoms. The number of ether oxygens (including phenoxy) is 2. The van der Waals surface area contributed by atoms with Gasteiger partial charge in [0.1, 0.15) is 13.2 Å². The highest BCUT2D eigenvalue weighted by molar-refractivity contribution is 6.01. The van der Waals surface area contributed by atoms with Crippen LogP contribution in [0.4, 0.5) is 0 Å². The van der Waals surface area contributed by atoms with E-state index in [-0.39, 0.29) is 11.7 Å². The number of para-hydroxylation sites is 1. The number of carbonyl (C=O) groups excluding carboxylic acids is 1. The van der Waals surface area contributed by atoms with Crippen molar-refractivity contribution < 1.29 is 14.3 Å². The van der Waals surface area contributed by atoms with Gasteiger partial charge in [-0.15, -0.1) is 0 Å². The first kappa shape index (κ1) is 11.6. The fraction of sp³-hybridized carbons (Fsp3) is 0.533. The summed E-state index contributed by atoms with van der Waals surface area (Å²) in [5.41, 5.74) is 0.708. The third-order valence-electron chi connectivity index (χ3n) is 3.81. The van der Waals surface area contributed by atoms with E-state index in [4.69, 9.17) is 9.47 Å². The normalized spacial score (nSPS) is 19.6. The molecule has 1 aromatic rings. The average molecular weight is 246 g/mol. The molecule has 0 unspecified atom stereocenters. The first-order valence-corrected chi connectivity index (χ1v) is 6.79. The first-order chi connectivity index (χ1) is 8.86. The number of ketones is 1. The van der Waals surface area contributed by atoms with Crippen LogP contribution in [0.5, 0.6) is 11.5 Å². The molecule has 1 fully saturated rings. The number of carbonyl (C=O) groups is 1. The van der Waals surface area contributed by atoms with E-state index in [0.29, 0.717) is 30.3 Å². The van der Waals surface area contributed by atoms with Crippen LogP contribution < -0.4 is 9.47 Å². The van der Waals surface area contributed by atoms with Gasteiger partial charge in [-0.3, -0.25) is 4.79 Å². The highest BCUT2D eigenvalue weighted by Crippen LogP contribution is 2.37. The average Bonchev–Trinajstić information content (AvgIpc) is 2.47. The molecule has 3 nitrogen and oxygen atoms in total. The fourth-order valence-electron chi connectivity index (χ4n) is 2.85. The third-order valence-corrected chi connectivity index (χ3v) is 3.81. The van der Waals surface area contributed by atoms with Gasteiger partial charge in [-0.2, -0.15) is 0 Å². The molecule has 0 spiro atoms. The van der Waals surface area contributed by atoms with Crippen LogP contribution in [-0.4, -0.2) is 19.0 Å². The van der Waals surface area contributed by atoms with Gasteiger partial charge in [0, 0.05) is 5.92 Å². The summed E-state index contributed by atoms with van der Waals surface area (Å²) in [6, 6.07) is 5.61. The van der Waals surface area contributed by atoms with Crippen molar-refractivity contribution in [1.29, 1.82) is 0 Å². The van der Waals surface area contributed by atoms with Crippen molar-refractivity contribution in [3.8, 4) is 11.5 Å². The number of rotatable bonds is 2. The van der Waals surface area contributed by atoms with E-state index in [1.165, 1.54) is 19.3 Å². The molecule has 96 valence electrons. The zero-order valence-corrected chi connectivity index (χ0v) is 10.5. The van der Waals surface area contributed by atoms with E-state index >= 15 is 0 Å². The molecule has 1 heterocycles. The largest absolute Gasteiger partial charge is 0.486 e. The summed E-state index contributed by atoms with van der Waals surface area (Å²) in [6.07, 6.45) is 5.63. The Kier molecular flexibility index (Phi) is 3.22. The molecule has 0 amide bonds. The van der Waals surface area contributed by atoms with Crippen molar-refractivity contribution in [1.82, 2.24) is 0 Å². The number of hydrogen-bond donors (Lipinski definition) is 0. The lowest BCUT2D eigenvalue weighted by Gasteiger charge is -2.24. The van der Waals surface area contributed by atoms with Crippen molar-refractivity contribution in [2.75, 3.05) is 13.2 Å². The Balaban J connectivity index is 1.89. The predicted molar refractivity (Wildman–Crippen MR) is 68.3 cm³/mol. The summed E-state index contributed by atoms with van der Waals surface area (Å²) in [6.45, 7) is 1.09. The van der Waals surface area contributed by atoms with E-state index in [1.54, 1.807) is 0 Å². The molecule has 0 saturated heterocycles. The van der Waals surface area contributed by atoms with Crippen LogP contribution in [0.3, 0.4) is 0 Å². The van der Waals surface area contributed by atoms with E-state index < -0.39 is 0 Å². The van der Waals surface area contributed by atoms with Crippen molar-refractivity contribution in [3.63, 3.8) is 0 Å². The van der Waals surface area contributed by atoms with Gasteiger partial charge >= 0.3 is 0 Å². The maximum absolute atomic E-state index is 12.5. The first-order valence-electron chi connectivity index (χ1n) is 6.79. The van der Waals surface area contributed by atoms with E-state index in [2.05, 4.69) is 0 Å². The highest BCUT2D eigenvalue weighted by Gasteiger charge is 2.27. The Hall–Kier alpha value is -1.51. The summed E-state index contributed by atoms with van der Waals surface area (Å²) in [5, 5.41) is 0. The van der Waals surface area contributed by atoms with Crippen LogP contribution in [0.25, 0.3) is 0 Å². The summed E-state index contributed by atoms with van der Waals surface area (Å²) < 4.78 is 11.1. The smallest absolute Gasteiger partial charge is 0.172 e. The van der Waals surface area contributed by atoms with Gasteiger partial charge in [-0.25, -0.2) is 0 Å². The zero-order chi connectivity index (χ0) is 12.4. The summed E-state index contributed by atoms with van der Waals surface area (Å²) >= 11 is 0. The van der Waals surface area contributed by atoms with Crippen molar-refractivity contribution in [3.05, 3.63) is 23.8 Å². The second-order valence-corrected chi connectivity index (χ2v) is 5.03. The minimum absolute atomic E-state index is 0.177. The van der Waals surface area contributed by atoms with Gasteiger partial charge in [0.25, 0.3) is 0 Å². The molecule has 3 heteroatoms. The maximum atomic E-state index is 12.5. The highest BCUT2D eigenvalue weighted by atomic mass is 16.6. The molecule has 1 aromatic carbocycles. The molecule has 3 rings (SSSR count). The molecule has 2 aliphatic rings. The van der Waals surface area contributed by atoms with Crippen molar-refractivity contribution in [2.24, 2.45) is 5.92 Å². The molecular weight excluding hydrogens is 228 g/mol. The van der Waals surface area contributed by atoms with Gasteiger partial charge in [0.2, 0.25) is 0 Å². The molecule has 0 aromatic heterocycles. The van der Waals surface area contributed by atoms with Gasteiger partial charge in [-0.05, 0) is 25.0 Å². The minimum Gasteiger partial charge on any atom is -0.486 e. The summed E-state index contributed by atoms with van der Waals surface area (Å²) in [4.78, 5) is 12.5. The van der Waals surface area contributed by atoms with Crippen LogP contribution in [0.2, 0.25) is 0 Å². The minimum atomic E-state index is 0.177. The lowest BCUT2D eigenvalue weighted by atomic mass is 9.83. The Bertz CT molecular complexity index is 447. The van der Waals surface area contributed by atoms with Crippen molar-refractivity contribution in [2.45, 2.75) is 32.1 Å². The molecule has 18 heavy (non-hydrogen) atoms. The number of benzene rings is 1. The number of fused-ring (bicyclic) bond motifs is 1. The van der Waals surface area contributed by atoms with Crippen LogP contribution in [-0.2, 0) is 0 Å². The Morgan fingerprint density at radius 2 is 1.83 bits per heavy atom. The van der Waals surface area contributed by atoms with E-state index in [0.717, 1.165) is 12.8 Å². The van der Waals surface area contributed by atoms with Crippen LogP contribution >= 0.6 is 0 Å². The van der Waals surface area contributed by atoms with Gasteiger partial charge in [-0.1, -0.05) is 25.3 Å². The molecule has 0 atom stereocenters. The third kappa shape index (κ3) is 2.09. The zero-order valence-electron chi connectivity index (χ0n) is 10.5. The summed E-state index contributed by atoms with van der Waals surface area (Å²) in [7, 11) is 0. The van der Waals surface area contributed by atoms with Crippen molar-refractivity contribution >= 4 is 5.78 Å². The molecule has 0 N–H and O–H groups in total. The SMILES string of the molecule is O=C(c1cccc2c1OCCO2)C1CCCCC1. The summed E-state index contributed by atoms with van der Waals surface area (Å²) in [5.74, 6) is 1.77. The predicted octanol–water partition coefficient (Wildman–Crippen LogP) is 3.22. The second kappa shape index (κ2) is 5.01. The van der Waals surface area contributed by atoms with Crippen LogP contribution in [0.1, 0.15) is 42.5 Å². The van der Waals surface area contributed by atoms with Gasteiger partial charge in [0.05, 0.1) is 5.56 Å². The number of hydrogen-bond acceptors (Lipinski definition) is 3. The fourth-order valence-corrected chi connectivity index (χ4v) is 2.85. The second-order valence-electron chi connectivity index (χ2n) is 5.03. The lowest BCUT2D eigenvalue weighted by molar-refractivity contribution is 0.0878. The van der Waals surface area contributed by atoms with Crippen LogP contribution in [0, 0.1) is 5.92 Å². The Morgan fingerprint density at radius 3 is 2.67 bits per heavy atom. The monoisotopic (exact) mass is 246 g/mol. The molecular formula is C15H18O3. The van der Waals surface area contributed by atoms with E-state index in [1.807, 2.05) is 18.2 Å². The Morgan fingerprint density at radius 1 is 1.06 bits per heavy atom. The van der Waals surface area contributed by atoms with Crippen LogP contribution in [0.15, 0.2) is 18.2 Å². The molecule has 1 saturated carbocycles. The quantitative estimate of drug-likeness (QED) is 0.752. The topological polar surface area (TPSA) is 35.5 Å². The Labute approximate surface area is 107 Å². The van der Waals surface area contributed by atoms with E-state index in [9.17, 15) is 4.79 Å². The molecule has 0 radical (unpaired) electrons. The van der Waals surface area contributed by atoms with Gasteiger partial charge in [0.15, 0.2) is 17.3 Å². The lowest BCUT2D eigenvalue weighted by Crippen LogP contribution is -2.22. The molecule has 1 aliphatic heterocycles. The maximum Gasteiger partial charge on any atom is 0.172 e. The number of Topliss-reactive ketones (excluding diaryl/α,β-unsaturated/α-hetero) is 1. The molecule has 1 aliphatic carbocycles.